The molecular weight excluding hydrogens is 505 g/mol. The molecule has 0 radical (unpaired) electrons. The van der Waals surface area contributed by atoms with E-state index in [1.807, 2.05) is 49.4 Å². The number of nitrogens with one attached hydrogen (secondary N) is 2. The Morgan fingerprint density at radius 1 is 1.00 bits per heavy atom. The van der Waals surface area contributed by atoms with Crippen LogP contribution in [0.4, 0.5) is 0 Å². The zero-order valence-electron chi connectivity index (χ0n) is 19.0. The highest BCUT2D eigenvalue weighted by Gasteiger charge is 2.11. The van der Waals surface area contributed by atoms with Gasteiger partial charge >= 0.3 is 0 Å². The number of benzene rings is 2. The minimum absolute atomic E-state index is 0. The molecule has 2 rings (SSSR count). The minimum Gasteiger partial charge on any atom is -0.497 e. The van der Waals surface area contributed by atoms with Gasteiger partial charge in [0, 0.05) is 32.2 Å². The van der Waals surface area contributed by atoms with E-state index in [0.29, 0.717) is 6.54 Å². The molecule has 0 heterocycles. The molecule has 1 unspecified atom stereocenters. The maximum absolute atomic E-state index is 5.50. The lowest BCUT2D eigenvalue weighted by atomic mass is 10.0. The van der Waals surface area contributed by atoms with Gasteiger partial charge in [-0.25, -0.2) is 4.99 Å². The normalized spacial score (nSPS) is 11.9. The van der Waals surface area contributed by atoms with E-state index in [0.717, 1.165) is 55.7 Å². The highest BCUT2D eigenvalue weighted by molar-refractivity contribution is 14.0. The summed E-state index contributed by atoms with van der Waals surface area (Å²) in [7, 11) is 3.38. The number of aliphatic imine (C=N–C) groups is 1. The standard InChI is InChI=1S/C24H35N3O3.HI/c1-5-30-16-8-15-25-24(27-18-20-11-13-21(28-3)14-12-20)26-17-19(2)22-9-6-7-10-23(22)29-4;/h6-7,9-14,19H,5,8,15-18H2,1-4H3,(H2,25,26,27);1H. The number of halogens is 1. The number of methoxy groups -OCH3 is 2. The number of para-hydroxylation sites is 1. The van der Waals surface area contributed by atoms with Gasteiger partial charge in [-0.3, -0.25) is 0 Å². The van der Waals surface area contributed by atoms with Gasteiger partial charge in [-0.15, -0.1) is 24.0 Å². The zero-order chi connectivity index (χ0) is 21.6. The van der Waals surface area contributed by atoms with Crippen molar-refractivity contribution >= 4 is 29.9 Å². The Balaban J connectivity index is 0.00000480. The summed E-state index contributed by atoms with van der Waals surface area (Å²) in [5.74, 6) is 2.83. The van der Waals surface area contributed by atoms with Gasteiger partial charge in [0.1, 0.15) is 11.5 Å². The Kier molecular flexibility index (Phi) is 13.7. The van der Waals surface area contributed by atoms with Crippen molar-refractivity contribution in [2.24, 2.45) is 4.99 Å². The molecule has 2 N–H and O–H groups in total. The molecule has 0 aliphatic rings. The Morgan fingerprint density at radius 3 is 2.42 bits per heavy atom. The van der Waals surface area contributed by atoms with E-state index in [1.165, 1.54) is 5.56 Å². The smallest absolute Gasteiger partial charge is 0.191 e. The highest BCUT2D eigenvalue weighted by atomic mass is 127. The number of nitrogens with zero attached hydrogens (tertiary/aromatic N) is 1. The monoisotopic (exact) mass is 541 g/mol. The lowest BCUT2D eigenvalue weighted by molar-refractivity contribution is 0.145. The summed E-state index contributed by atoms with van der Waals surface area (Å²) >= 11 is 0. The summed E-state index contributed by atoms with van der Waals surface area (Å²) in [6.45, 7) is 7.82. The summed E-state index contributed by atoms with van der Waals surface area (Å²) in [4.78, 5) is 4.76. The van der Waals surface area contributed by atoms with Crippen LogP contribution in [0.25, 0.3) is 0 Å². The van der Waals surface area contributed by atoms with Crippen LogP contribution in [-0.2, 0) is 11.3 Å². The quantitative estimate of drug-likeness (QED) is 0.178. The van der Waals surface area contributed by atoms with Crippen LogP contribution in [0.2, 0.25) is 0 Å². The second-order valence-corrected chi connectivity index (χ2v) is 7.01. The molecule has 0 aromatic heterocycles. The van der Waals surface area contributed by atoms with E-state index in [-0.39, 0.29) is 29.9 Å². The molecule has 1 atom stereocenters. The van der Waals surface area contributed by atoms with Crippen molar-refractivity contribution in [3.05, 3.63) is 59.7 Å². The second-order valence-electron chi connectivity index (χ2n) is 7.01. The van der Waals surface area contributed by atoms with Crippen LogP contribution in [0.1, 0.15) is 37.3 Å². The van der Waals surface area contributed by atoms with Gasteiger partial charge in [0.05, 0.1) is 20.8 Å². The van der Waals surface area contributed by atoms with Gasteiger partial charge in [0.25, 0.3) is 0 Å². The van der Waals surface area contributed by atoms with Gasteiger partial charge in [-0.05, 0) is 42.7 Å². The lowest BCUT2D eigenvalue weighted by Gasteiger charge is -2.18. The Bertz CT molecular complexity index is 769. The molecular formula is C24H36IN3O3. The Hall–Kier alpha value is -2.00. The molecule has 0 aliphatic heterocycles. The molecule has 0 amide bonds. The first-order chi connectivity index (χ1) is 14.7. The Labute approximate surface area is 203 Å². The maximum Gasteiger partial charge on any atom is 0.191 e. The molecule has 0 saturated carbocycles. The summed E-state index contributed by atoms with van der Waals surface area (Å²) < 4.78 is 16.1. The van der Waals surface area contributed by atoms with Crippen molar-refractivity contribution in [3.8, 4) is 11.5 Å². The van der Waals surface area contributed by atoms with E-state index in [1.54, 1.807) is 14.2 Å². The van der Waals surface area contributed by atoms with E-state index < -0.39 is 0 Å². The number of hydrogen-bond donors (Lipinski definition) is 2. The first kappa shape index (κ1) is 27.0. The third-order valence-electron chi connectivity index (χ3n) is 4.79. The first-order valence-electron chi connectivity index (χ1n) is 10.5. The van der Waals surface area contributed by atoms with Gasteiger partial charge in [-0.1, -0.05) is 37.3 Å². The van der Waals surface area contributed by atoms with Crippen LogP contribution in [-0.4, -0.2) is 46.5 Å². The van der Waals surface area contributed by atoms with Crippen LogP contribution in [0.15, 0.2) is 53.5 Å². The third kappa shape index (κ3) is 9.78. The molecule has 0 aliphatic carbocycles. The average Bonchev–Trinajstić information content (AvgIpc) is 2.80. The minimum atomic E-state index is 0. The number of guanidine groups is 1. The topological polar surface area (TPSA) is 64.1 Å². The van der Waals surface area contributed by atoms with Gasteiger partial charge in [0.2, 0.25) is 0 Å². The summed E-state index contributed by atoms with van der Waals surface area (Å²) in [6, 6.07) is 16.1. The van der Waals surface area contributed by atoms with Crippen LogP contribution >= 0.6 is 24.0 Å². The summed E-state index contributed by atoms with van der Waals surface area (Å²) in [6.07, 6.45) is 0.930. The molecule has 31 heavy (non-hydrogen) atoms. The molecule has 7 heteroatoms. The molecule has 172 valence electrons. The van der Waals surface area contributed by atoms with Gasteiger partial charge < -0.3 is 24.8 Å². The maximum atomic E-state index is 5.50. The fourth-order valence-corrected chi connectivity index (χ4v) is 3.03. The molecule has 0 fully saturated rings. The molecule has 2 aromatic carbocycles. The highest BCUT2D eigenvalue weighted by Crippen LogP contribution is 2.25. The predicted molar refractivity (Wildman–Crippen MR) is 138 cm³/mol. The SMILES string of the molecule is CCOCCCNC(=NCc1ccc(OC)cc1)NCC(C)c1ccccc1OC.I. The largest absolute Gasteiger partial charge is 0.497 e. The predicted octanol–water partition coefficient (Wildman–Crippen LogP) is 4.59. The molecule has 6 nitrogen and oxygen atoms in total. The van der Waals surface area contributed by atoms with Crippen LogP contribution in [0.5, 0.6) is 11.5 Å². The number of hydrogen-bond acceptors (Lipinski definition) is 4. The van der Waals surface area contributed by atoms with Crippen LogP contribution in [0.3, 0.4) is 0 Å². The summed E-state index contributed by atoms with van der Waals surface area (Å²) in [5, 5.41) is 6.88. The lowest BCUT2D eigenvalue weighted by Crippen LogP contribution is -2.40. The second kappa shape index (κ2) is 15.8. The van der Waals surface area contributed by atoms with E-state index in [4.69, 9.17) is 19.2 Å². The number of rotatable bonds is 12. The number of ether oxygens (including phenoxy) is 3. The van der Waals surface area contributed by atoms with Crippen LogP contribution in [0, 0.1) is 0 Å². The molecule has 0 bridgehead atoms. The van der Waals surface area contributed by atoms with Crippen LogP contribution < -0.4 is 20.1 Å². The first-order valence-corrected chi connectivity index (χ1v) is 10.5. The van der Waals surface area contributed by atoms with E-state index >= 15 is 0 Å². The third-order valence-corrected chi connectivity index (χ3v) is 4.79. The zero-order valence-corrected chi connectivity index (χ0v) is 21.3. The fourth-order valence-electron chi connectivity index (χ4n) is 3.03. The summed E-state index contributed by atoms with van der Waals surface area (Å²) in [5.41, 5.74) is 2.31. The average molecular weight is 541 g/mol. The van der Waals surface area contributed by atoms with Gasteiger partial charge in [-0.2, -0.15) is 0 Å². The van der Waals surface area contributed by atoms with Crippen molar-refractivity contribution in [3.63, 3.8) is 0 Å². The van der Waals surface area contributed by atoms with Crippen molar-refractivity contribution in [2.75, 3.05) is 40.5 Å². The molecule has 0 spiro atoms. The Morgan fingerprint density at radius 2 is 1.74 bits per heavy atom. The molecule has 2 aromatic rings. The molecule has 0 saturated heterocycles. The van der Waals surface area contributed by atoms with Crippen molar-refractivity contribution < 1.29 is 14.2 Å². The van der Waals surface area contributed by atoms with Crippen molar-refractivity contribution in [2.45, 2.75) is 32.7 Å². The van der Waals surface area contributed by atoms with E-state index in [9.17, 15) is 0 Å². The van der Waals surface area contributed by atoms with E-state index in [2.05, 4.69) is 23.6 Å². The van der Waals surface area contributed by atoms with Gasteiger partial charge in [0.15, 0.2) is 5.96 Å². The fraction of sp³-hybridized carbons (Fsp3) is 0.458. The van der Waals surface area contributed by atoms with Crippen molar-refractivity contribution in [1.29, 1.82) is 0 Å². The van der Waals surface area contributed by atoms with Crippen molar-refractivity contribution in [1.82, 2.24) is 10.6 Å².